The van der Waals surface area contributed by atoms with Gasteiger partial charge in [0, 0.05) is 19.5 Å². The van der Waals surface area contributed by atoms with Crippen molar-refractivity contribution in [1.29, 1.82) is 0 Å². The van der Waals surface area contributed by atoms with Crippen molar-refractivity contribution in [2.24, 2.45) is 5.73 Å². The largest absolute Gasteiger partial charge is 0.492 e. The van der Waals surface area contributed by atoms with Gasteiger partial charge in [0.15, 0.2) is 0 Å². The van der Waals surface area contributed by atoms with E-state index in [0.717, 1.165) is 12.2 Å². The van der Waals surface area contributed by atoms with E-state index in [2.05, 4.69) is 5.32 Å². The Morgan fingerprint density at radius 2 is 2.08 bits per heavy atom. The Balaban J connectivity index is 0.00000243. The minimum atomic E-state index is -0.445. The van der Waals surface area contributed by atoms with E-state index in [1.807, 2.05) is 30.3 Å². The lowest BCUT2D eigenvalue weighted by Gasteiger charge is -2.19. The highest BCUT2D eigenvalue weighted by atomic mass is 35.5. The fraction of sp³-hybridized carbons (Fsp3) is 0.556. The molecule has 0 bridgehead atoms. The van der Waals surface area contributed by atoms with Gasteiger partial charge in [-0.2, -0.15) is 0 Å². The van der Waals surface area contributed by atoms with Crippen LogP contribution in [0.3, 0.4) is 0 Å². The lowest BCUT2D eigenvalue weighted by atomic mass is 10.1. The molecular formula is C18H26ClN3O4. The maximum atomic E-state index is 12.2. The highest BCUT2D eigenvalue weighted by Crippen LogP contribution is 2.20. The van der Waals surface area contributed by atoms with Gasteiger partial charge < -0.3 is 25.4 Å². The van der Waals surface area contributed by atoms with Crippen LogP contribution in [0, 0.1) is 0 Å². The number of hydrogen-bond acceptors (Lipinski definition) is 5. The van der Waals surface area contributed by atoms with Crippen LogP contribution in [-0.2, 0) is 14.3 Å². The number of benzene rings is 1. The van der Waals surface area contributed by atoms with Gasteiger partial charge in [-0.3, -0.25) is 9.59 Å². The Morgan fingerprint density at radius 3 is 2.77 bits per heavy atom. The Hall–Kier alpha value is -1.83. The lowest BCUT2D eigenvalue weighted by molar-refractivity contribution is -0.132. The van der Waals surface area contributed by atoms with Crippen molar-refractivity contribution < 1.29 is 19.1 Å². The Bertz CT molecular complexity index is 601. The van der Waals surface area contributed by atoms with Crippen molar-refractivity contribution in [2.75, 3.05) is 26.2 Å². The van der Waals surface area contributed by atoms with E-state index >= 15 is 0 Å². The smallest absolute Gasteiger partial charge is 0.249 e. The minimum Gasteiger partial charge on any atom is -0.492 e. The van der Waals surface area contributed by atoms with Crippen LogP contribution in [0.2, 0.25) is 0 Å². The quantitative estimate of drug-likeness (QED) is 0.723. The minimum absolute atomic E-state index is 0. The number of nitrogens with two attached hydrogens (primary N) is 1. The van der Waals surface area contributed by atoms with Crippen LogP contribution >= 0.6 is 12.4 Å². The predicted octanol–water partition coefficient (Wildman–Crippen LogP) is 0.711. The molecule has 2 aliphatic rings. The summed E-state index contributed by atoms with van der Waals surface area (Å²) in [5.41, 5.74) is 5.56. The summed E-state index contributed by atoms with van der Waals surface area (Å²) in [5.74, 6) is 0.678. The Labute approximate surface area is 159 Å². The van der Waals surface area contributed by atoms with E-state index in [1.54, 1.807) is 4.90 Å². The standard InChI is InChI=1S/C18H25N3O4.ClH/c19-11-15-6-7-16(25-15)18(23)20-13-10-17(22)21(12-13)8-9-24-14-4-2-1-3-5-14;/h1-5,13,15-16H,6-12,19H2,(H,20,23);1H/t13?,15-,16+;/m1./s1. The summed E-state index contributed by atoms with van der Waals surface area (Å²) in [6.45, 7) is 1.88. The molecule has 0 saturated carbocycles. The molecule has 0 radical (unpaired) electrons. The SMILES string of the molecule is Cl.NC[C@H]1CC[C@@H](C(=O)NC2CC(=O)N(CCOc3ccccc3)C2)O1. The molecule has 2 fully saturated rings. The zero-order valence-electron chi connectivity index (χ0n) is 14.6. The summed E-state index contributed by atoms with van der Waals surface area (Å²) < 4.78 is 11.2. The van der Waals surface area contributed by atoms with Crippen molar-refractivity contribution in [3.05, 3.63) is 30.3 Å². The molecule has 7 nitrogen and oxygen atoms in total. The van der Waals surface area contributed by atoms with Crippen LogP contribution in [-0.4, -0.2) is 61.2 Å². The summed E-state index contributed by atoms with van der Waals surface area (Å²) in [6.07, 6.45) is 1.33. The predicted molar refractivity (Wildman–Crippen MR) is 99.3 cm³/mol. The Kier molecular flexibility index (Phi) is 7.68. The molecule has 3 rings (SSSR count). The van der Waals surface area contributed by atoms with Gasteiger partial charge >= 0.3 is 0 Å². The van der Waals surface area contributed by atoms with Crippen LogP contribution in [0.1, 0.15) is 19.3 Å². The van der Waals surface area contributed by atoms with Crippen molar-refractivity contribution in [3.63, 3.8) is 0 Å². The van der Waals surface area contributed by atoms with Gasteiger partial charge in [0.25, 0.3) is 0 Å². The van der Waals surface area contributed by atoms with Crippen molar-refractivity contribution >= 4 is 24.2 Å². The topological polar surface area (TPSA) is 93.9 Å². The zero-order chi connectivity index (χ0) is 17.6. The number of para-hydroxylation sites is 1. The van der Waals surface area contributed by atoms with Crippen molar-refractivity contribution in [3.8, 4) is 5.75 Å². The highest BCUT2D eigenvalue weighted by molar-refractivity contribution is 5.85. The van der Waals surface area contributed by atoms with Crippen molar-refractivity contribution in [2.45, 2.75) is 37.5 Å². The molecule has 1 unspecified atom stereocenters. The maximum absolute atomic E-state index is 12.2. The number of halogens is 1. The maximum Gasteiger partial charge on any atom is 0.249 e. The molecular weight excluding hydrogens is 358 g/mol. The summed E-state index contributed by atoms with van der Waals surface area (Å²) in [7, 11) is 0. The number of amides is 2. The highest BCUT2D eigenvalue weighted by Gasteiger charge is 2.34. The third kappa shape index (κ3) is 5.33. The molecule has 3 atom stereocenters. The van der Waals surface area contributed by atoms with E-state index < -0.39 is 6.10 Å². The number of likely N-dealkylation sites (tertiary alicyclic amines) is 1. The first kappa shape index (κ1) is 20.5. The fourth-order valence-corrected chi connectivity index (χ4v) is 3.24. The van der Waals surface area contributed by atoms with Gasteiger partial charge in [-0.25, -0.2) is 0 Å². The lowest BCUT2D eigenvalue weighted by Crippen LogP contribution is -2.43. The monoisotopic (exact) mass is 383 g/mol. The summed E-state index contributed by atoms with van der Waals surface area (Å²) >= 11 is 0. The van der Waals surface area contributed by atoms with Crippen LogP contribution in [0.15, 0.2) is 30.3 Å². The molecule has 144 valence electrons. The van der Waals surface area contributed by atoms with E-state index in [-0.39, 0.29) is 36.4 Å². The summed E-state index contributed by atoms with van der Waals surface area (Å²) in [6, 6.07) is 9.33. The second-order valence-electron chi connectivity index (χ2n) is 6.47. The first-order valence-corrected chi connectivity index (χ1v) is 8.77. The van der Waals surface area contributed by atoms with Gasteiger partial charge in [-0.1, -0.05) is 18.2 Å². The number of rotatable bonds is 7. The van der Waals surface area contributed by atoms with Gasteiger partial charge in [-0.05, 0) is 25.0 Å². The first-order chi connectivity index (χ1) is 12.2. The van der Waals surface area contributed by atoms with E-state index in [0.29, 0.717) is 39.1 Å². The molecule has 0 aromatic heterocycles. The molecule has 1 aromatic carbocycles. The van der Waals surface area contributed by atoms with Gasteiger partial charge in [0.1, 0.15) is 18.5 Å². The van der Waals surface area contributed by atoms with Crippen LogP contribution in [0.5, 0.6) is 5.75 Å². The number of nitrogens with one attached hydrogen (secondary N) is 1. The van der Waals surface area contributed by atoms with Gasteiger partial charge in [0.05, 0.1) is 18.7 Å². The molecule has 3 N–H and O–H groups in total. The second-order valence-corrected chi connectivity index (χ2v) is 6.47. The number of ether oxygens (including phenoxy) is 2. The average molecular weight is 384 g/mol. The Morgan fingerprint density at radius 1 is 1.31 bits per heavy atom. The number of carbonyl (C=O) groups excluding carboxylic acids is 2. The number of nitrogens with zero attached hydrogens (tertiary/aromatic N) is 1. The first-order valence-electron chi connectivity index (χ1n) is 8.77. The molecule has 2 aliphatic heterocycles. The second kappa shape index (κ2) is 9.75. The number of carbonyl (C=O) groups is 2. The third-order valence-corrected chi connectivity index (χ3v) is 4.60. The fourth-order valence-electron chi connectivity index (χ4n) is 3.24. The molecule has 2 saturated heterocycles. The van der Waals surface area contributed by atoms with E-state index in [9.17, 15) is 9.59 Å². The average Bonchev–Trinajstić information content (AvgIpc) is 3.23. The van der Waals surface area contributed by atoms with Crippen LogP contribution < -0.4 is 15.8 Å². The molecule has 2 amide bonds. The van der Waals surface area contributed by atoms with Crippen LogP contribution in [0.25, 0.3) is 0 Å². The van der Waals surface area contributed by atoms with Crippen molar-refractivity contribution in [1.82, 2.24) is 10.2 Å². The molecule has 1 aromatic rings. The van der Waals surface area contributed by atoms with Crippen LogP contribution in [0.4, 0.5) is 0 Å². The third-order valence-electron chi connectivity index (χ3n) is 4.60. The van der Waals surface area contributed by atoms with Gasteiger partial charge in [-0.15, -0.1) is 12.4 Å². The number of hydrogen-bond donors (Lipinski definition) is 2. The molecule has 8 heteroatoms. The van der Waals surface area contributed by atoms with E-state index in [1.165, 1.54) is 0 Å². The zero-order valence-corrected chi connectivity index (χ0v) is 15.5. The van der Waals surface area contributed by atoms with E-state index in [4.69, 9.17) is 15.2 Å². The van der Waals surface area contributed by atoms with Gasteiger partial charge in [0.2, 0.25) is 11.8 Å². The normalized spacial score (nSPS) is 25.0. The summed E-state index contributed by atoms with van der Waals surface area (Å²) in [5, 5.41) is 2.93. The molecule has 0 spiro atoms. The summed E-state index contributed by atoms with van der Waals surface area (Å²) in [4.78, 5) is 26.1. The molecule has 2 heterocycles. The molecule has 0 aliphatic carbocycles. The molecule has 26 heavy (non-hydrogen) atoms.